The lowest BCUT2D eigenvalue weighted by Gasteiger charge is -2.10. The number of carbonyl (C=O) groups excluding carboxylic acids is 1. The maximum absolute atomic E-state index is 12.6. The fourth-order valence-electron chi connectivity index (χ4n) is 2.58. The predicted octanol–water partition coefficient (Wildman–Crippen LogP) is 2.74. The van der Waals surface area contributed by atoms with Crippen LogP contribution in [0.25, 0.3) is 11.0 Å². The lowest BCUT2D eigenvalue weighted by Crippen LogP contribution is -2.24. The topological polar surface area (TPSA) is 77.8 Å². The van der Waals surface area contributed by atoms with Gasteiger partial charge in [0.2, 0.25) is 0 Å². The number of carbonyl (C=O) groups is 1. The van der Waals surface area contributed by atoms with Gasteiger partial charge in [0.1, 0.15) is 17.1 Å². The van der Waals surface area contributed by atoms with Crippen molar-refractivity contribution in [1.29, 1.82) is 0 Å². The van der Waals surface area contributed by atoms with E-state index in [0.717, 1.165) is 5.56 Å². The van der Waals surface area contributed by atoms with Crippen LogP contribution in [0.5, 0.6) is 11.5 Å². The Hall–Kier alpha value is -3.28. The lowest BCUT2D eigenvalue weighted by molar-refractivity contribution is 0.0951. The largest absolute Gasteiger partial charge is 0.497 e. The van der Waals surface area contributed by atoms with Gasteiger partial charge >= 0.3 is 5.63 Å². The zero-order chi connectivity index (χ0) is 17.8. The Morgan fingerprint density at radius 3 is 2.64 bits per heavy atom. The summed E-state index contributed by atoms with van der Waals surface area (Å²) in [5.41, 5.74) is 0.800. The molecule has 3 aromatic rings. The number of nitrogens with one attached hydrogen (secondary N) is 1. The van der Waals surface area contributed by atoms with Crippen LogP contribution in [0.4, 0.5) is 0 Å². The van der Waals surface area contributed by atoms with E-state index in [2.05, 4.69) is 5.32 Å². The molecule has 1 aromatic heterocycles. The van der Waals surface area contributed by atoms with E-state index < -0.39 is 5.63 Å². The average molecular weight is 339 g/mol. The van der Waals surface area contributed by atoms with Crippen molar-refractivity contribution in [3.05, 3.63) is 70.1 Å². The molecule has 6 heteroatoms. The molecular formula is C19H17NO5. The first-order valence-electron chi connectivity index (χ1n) is 7.64. The van der Waals surface area contributed by atoms with Gasteiger partial charge in [-0.2, -0.15) is 0 Å². The molecule has 3 rings (SSSR count). The molecule has 25 heavy (non-hydrogen) atoms. The SMILES string of the molecule is COc1ccc2c(C(=O)NCc3ccccc3OC)cc(=O)oc2c1. The monoisotopic (exact) mass is 339 g/mol. The van der Waals surface area contributed by atoms with Crippen molar-refractivity contribution in [1.82, 2.24) is 5.32 Å². The second-order valence-corrected chi connectivity index (χ2v) is 5.34. The van der Waals surface area contributed by atoms with Gasteiger partial charge < -0.3 is 19.2 Å². The molecule has 0 saturated heterocycles. The van der Waals surface area contributed by atoms with Crippen LogP contribution in [0, 0.1) is 0 Å². The standard InChI is InChI=1S/C19H17NO5/c1-23-13-7-8-14-15(10-18(21)25-17(14)9-13)19(22)20-11-12-5-3-4-6-16(12)24-2/h3-10H,11H2,1-2H3,(H,20,22). The Kier molecular flexibility index (Phi) is 4.70. The zero-order valence-corrected chi connectivity index (χ0v) is 13.9. The Morgan fingerprint density at radius 2 is 1.88 bits per heavy atom. The first-order valence-corrected chi connectivity index (χ1v) is 7.64. The highest BCUT2D eigenvalue weighted by molar-refractivity contribution is 6.05. The van der Waals surface area contributed by atoms with Gasteiger partial charge in [-0.05, 0) is 18.2 Å². The average Bonchev–Trinajstić information content (AvgIpc) is 2.64. The molecule has 1 amide bonds. The van der Waals surface area contributed by atoms with Crippen molar-refractivity contribution >= 4 is 16.9 Å². The van der Waals surface area contributed by atoms with E-state index in [-0.39, 0.29) is 18.0 Å². The molecule has 0 radical (unpaired) electrons. The number of methoxy groups -OCH3 is 2. The van der Waals surface area contributed by atoms with Crippen LogP contribution in [0.1, 0.15) is 15.9 Å². The fraction of sp³-hybridized carbons (Fsp3) is 0.158. The van der Waals surface area contributed by atoms with Gasteiger partial charge in [-0.25, -0.2) is 4.79 Å². The summed E-state index contributed by atoms with van der Waals surface area (Å²) in [6, 6.07) is 13.6. The molecule has 128 valence electrons. The van der Waals surface area contributed by atoms with E-state index in [1.165, 1.54) is 13.2 Å². The minimum atomic E-state index is -0.594. The molecule has 0 aliphatic heterocycles. The van der Waals surface area contributed by atoms with Crippen LogP contribution in [-0.4, -0.2) is 20.1 Å². The van der Waals surface area contributed by atoms with Crippen molar-refractivity contribution in [3.8, 4) is 11.5 Å². The summed E-state index contributed by atoms with van der Waals surface area (Å²) in [5.74, 6) is 0.862. The quantitative estimate of drug-likeness (QED) is 0.723. The number of hydrogen-bond acceptors (Lipinski definition) is 5. The molecule has 0 saturated carbocycles. The molecule has 0 aliphatic rings. The van der Waals surface area contributed by atoms with Gasteiger partial charge in [0, 0.05) is 29.6 Å². The summed E-state index contributed by atoms with van der Waals surface area (Å²) in [6.07, 6.45) is 0. The summed E-state index contributed by atoms with van der Waals surface area (Å²) >= 11 is 0. The number of para-hydroxylation sites is 1. The van der Waals surface area contributed by atoms with Crippen LogP contribution in [0.2, 0.25) is 0 Å². The van der Waals surface area contributed by atoms with Crippen molar-refractivity contribution in [2.24, 2.45) is 0 Å². The summed E-state index contributed by atoms with van der Waals surface area (Å²) < 4.78 is 15.5. The fourth-order valence-corrected chi connectivity index (χ4v) is 2.58. The zero-order valence-electron chi connectivity index (χ0n) is 13.9. The van der Waals surface area contributed by atoms with Crippen LogP contribution < -0.4 is 20.4 Å². The van der Waals surface area contributed by atoms with Gasteiger partial charge in [-0.3, -0.25) is 4.79 Å². The van der Waals surface area contributed by atoms with E-state index >= 15 is 0 Å². The highest BCUT2D eigenvalue weighted by Gasteiger charge is 2.14. The third-order valence-electron chi connectivity index (χ3n) is 3.83. The smallest absolute Gasteiger partial charge is 0.337 e. The highest BCUT2D eigenvalue weighted by Crippen LogP contribution is 2.23. The minimum absolute atomic E-state index is 0.254. The van der Waals surface area contributed by atoms with Crippen molar-refractivity contribution in [2.75, 3.05) is 14.2 Å². The van der Waals surface area contributed by atoms with Crippen LogP contribution in [0.15, 0.2) is 57.7 Å². The lowest BCUT2D eigenvalue weighted by atomic mass is 10.1. The van der Waals surface area contributed by atoms with Crippen molar-refractivity contribution < 1.29 is 18.7 Å². The summed E-state index contributed by atoms with van der Waals surface area (Å²) in [6.45, 7) is 0.278. The van der Waals surface area contributed by atoms with Gasteiger partial charge in [-0.15, -0.1) is 0 Å². The van der Waals surface area contributed by atoms with Crippen LogP contribution in [-0.2, 0) is 6.54 Å². The summed E-state index contributed by atoms with van der Waals surface area (Å²) in [4.78, 5) is 24.4. The van der Waals surface area contributed by atoms with Crippen LogP contribution >= 0.6 is 0 Å². The first-order chi connectivity index (χ1) is 12.1. The second kappa shape index (κ2) is 7.09. The number of benzene rings is 2. The van der Waals surface area contributed by atoms with Crippen molar-refractivity contribution in [2.45, 2.75) is 6.54 Å². The van der Waals surface area contributed by atoms with E-state index in [0.29, 0.717) is 22.5 Å². The molecule has 0 aliphatic carbocycles. The molecular weight excluding hydrogens is 322 g/mol. The van der Waals surface area contributed by atoms with Gasteiger partial charge in [-0.1, -0.05) is 18.2 Å². The van der Waals surface area contributed by atoms with Gasteiger partial charge in [0.05, 0.1) is 19.8 Å². The number of fused-ring (bicyclic) bond motifs is 1. The molecule has 0 spiro atoms. The first kappa shape index (κ1) is 16.6. The minimum Gasteiger partial charge on any atom is -0.497 e. The maximum Gasteiger partial charge on any atom is 0.337 e. The maximum atomic E-state index is 12.6. The van der Waals surface area contributed by atoms with Crippen molar-refractivity contribution in [3.63, 3.8) is 0 Å². The Morgan fingerprint density at radius 1 is 1.08 bits per heavy atom. The Bertz CT molecular complexity index is 977. The van der Waals surface area contributed by atoms with Crippen LogP contribution in [0.3, 0.4) is 0 Å². The van der Waals surface area contributed by atoms with Gasteiger partial charge in [0.25, 0.3) is 5.91 Å². The van der Waals surface area contributed by atoms with E-state index in [9.17, 15) is 9.59 Å². The van der Waals surface area contributed by atoms with Gasteiger partial charge in [0.15, 0.2) is 0 Å². The third kappa shape index (κ3) is 3.47. The Labute approximate surface area is 144 Å². The Balaban J connectivity index is 1.90. The second-order valence-electron chi connectivity index (χ2n) is 5.34. The number of rotatable bonds is 5. The summed E-state index contributed by atoms with van der Waals surface area (Å²) in [5, 5.41) is 3.35. The molecule has 2 aromatic carbocycles. The normalized spacial score (nSPS) is 10.5. The molecule has 0 bridgehead atoms. The molecule has 0 atom stereocenters. The molecule has 1 heterocycles. The van der Waals surface area contributed by atoms with E-state index in [1.807, 2.05) is 24.3 Å². The van der Waals surface area contributed by atoms with E-state index in [4.69, 9.17) is 13.9 Å². The molecule has 6 nitrogen and oxygen atoms in total. The summed E-state index contributed by atoms with van der Waals surface area (Å²) in [7, 11) is 3.09. The molecule has 0 unspecified atom stereocenters. The molecule has 1 N–H and O–H groups in total. The van der Waals surface area contributed by atoms with E-state index in [1.54, 1.807) is 25.3 Å². The number of amides is 1. The molecule has 0 fully saturated rings. The third-order valence-corrected chi connectivity index (χ3v) is 3.83. The number of hydrogen-bond donors (Lipinski definition) is 1. The predicted molar refractivity (Wildman–Crippen MR) is 93.2 cm³/mol. The number of ether oxygens (including phenoxy) is 2. The highest BCUT2D eigenvalue weighted by atomic mass is 16.5.